The van der Waals surface area contributed by atoms with Crippen molar-refractivity contribution in [3.63, 3.8) is 0 Å². The zero-order chi connectivity index (χ0) is 20.1. The van der Waals surface area contributed by atoms with Gasteiger partial charge in [0.2, 0.25) is 0 Å². The zero-order valence-electron chi connectivity index (χ0n) is 14.8. The Bertz CT molecular complexity index is 680. The van der Waals surface area contributed by atoms with Gasteiger partial charge in [-0.25, -0.2) is 4.79 Å². The summed E-state index contributed by atoms with van der Waals surface area (Å²) in [6.45, 7) is 4.82. The standard InChI is InChI=1S/C17H20F3NO5/c1-16(2,3)26-13(22)9-12(15(24)25-4)21-14(23)10-7-5-6-8-11(10)17(18,19)20/h5-8,12H,9H2,1-4H3,(H,21,23)/t12-/m1/s1. The number of nitrogens with one attached hydrogen (secondary N) is 1. The van der Waals surface area contributed by atoms with E-state index in [4.69, 9.17) is 4.74 Å². The second-order valence-electron chi connectivity index (χ2n) is 6.38. The first-order chi connectivity index (χ1) is 11.8. The molecule has 1 atom stereocenters. The SMILES string of the molecule is COC(=O)[C@@H](CC(=O)OC(C)(C)C)NC(=O)c1ccccc1C(F)(F)F. The Morgan fingerprint density at radius 2 is 1.69 bits per heavy atom. The van der Waals surface area contributed by atoms with Crippen LogP contribution < -0.4 is 5.32 Å². The highest BCUT2D eigenvalue weighted by atomic mass is 19.4. The molecule has 0 bridgehead atoms. The van der Waals surface area contributed by atoms with E-state index in [1.54, 1.807) is 20.8 Å². The normalized spacial score (nSPS) is 12.9. The first kappa shape index (κ1) is 21.5. The van der Waals surface area contributed by atoms with E-state index in [0.717, 1.165) is 25.3 Å². The average molecular weight is 375 g/mol. The molecule has 0 saturated heterocycles. The Balaban J connectivity index is 3.01. The lowest BCUT2D eigenvalue weighted by Gasteiger charge is -2.22. The van der Waals surface area contributed by atoms with Crippen molar-refractivity contribution in [2.75, 3.05) is 7.11 Å². The Morgan fingerprint density at radius 1 is 1.12 bits per heavy atom. The van der Waals surface area contributed by atoms with Crippen LogP contribution in [0.1, 0.15) is 43.1 Å². The molecule has 1 aromatic rings. The summed E-state index contributed by atoms with van der Waals surface area (Å²) in [6, 6.07) is 2.63. The Hall–Kier alpha value is -2.58. The van der Waals surface area contributed by atoms with Crippen LogP contribution in [0.15, 0.2) is 24.3 Å². The largest absolute Gasteiger partial charge is 0.467 e. The number of alkyl halides is 3. The summed E-state index contributed by atoms with van der Waals surface area (Å²) in [6.07, 6.45) is -5.33. The third kappa shape index (κ3) is 6.38. The van der Waals surface area contributed by atoms with Gasteiger partial charge in [0, 0.05) is 0 Å². The summed E-state index contributed by atoms with van der Waals surface area (Å²) < 4.78 is 48.6. The van der Waals surface area contributed by atoms with Crippen molar-refractivity contribution < 1.29 is 37.0 Å². The molecule has 0 saturated carbocycles. The maximum Gasteiger partial charge on any atom is 0.417 e. The highest BCUT2D eigenvalue weighted by molar-refractivity contribution is 5.99. The van der Waals surface area contributed by atoms with E-state index in [1.807, 2.05) is 0 Å². The summed E-state index contributed by atoms with van der Waals surface area (Å²) in [5.74, 6) is -2.94. The first-order valence-corrected chi connectivity index (χ1v) is 7.62. The molecule has 0 fully saturated rings. The monoisotopic (exact) mass is 375 g/mol. The summed E-state index contributed by atoms with van der Waals surface area (Å²) in [5.41, 5.74) is -2.65. The number of halogens is 3. The summed E-state index contributed by atoms with van der Waals surface area (Å²) in [4.78, 5) is 35.9. The van der Waals surface area contributed by atoms with Crippen molar-refractivity contribution in [2.45, 2.75) is 45.0 Å². The number of hydrogen-bond donors (Lipinski definition) is 1. The van der Waals surface area contributed by atoms with Crippen LogP contribution in [0.2, 0.25) is 0 Å². The molecule has 1 aromatic carbocycles. The molecular weight excluding hydrogens is 355 g/mol. The summed E-state index contributed by atoms with van der Waals surface area (Å²) in [5, 5.41) is 2.10. The van der Waals surface area contributed by atoms with Crippen molar-refractivity contribution in [2.24, 2.45) is 0 Å². The van der Waals surface area contributed by atoms with E-state index in [9.17, 15) is 27.6 Å². The zero-order valence-corrected chi connectivity index (χ0v) is 14.8. The molecule has 0 aliphatic heterocycles. The Morgan fingerprint density at radius 3 is 2.19 bits per heavy atom. The van der Waals surface area contributed by atoms with Gasteiger partial charge >= 0.3 is 18.1 Å². The topological polar surface area (TPSA) is 81.7 Å². The van der Waals surface area contributed by atoms with Gasteiger partial charge in [0.1, 0.15) is 11.6 Å². The van der Waals surface area contributed by atoms with Gasteiger partial charge in [-0.05, 0) is 32.9 Å². The van der Waals surface area contributed by atoms with Crippen molar-refractivity contribution in [1.29, 1.82) is 0 Å². The van der Waals surface area contributed by atoms with E-state index in [1.165, 1.54) is 6.07 Å². The minimum absolute atomic E-state index is 0.579. The number of hydrogen-bond acceptors (Lipinski definition) is 5. The van der Waals surface area contributed by atoms with Crippen molar-refractivity contribution in [3.8, 4) is 0 Å². The fourth-order valence-corrected chi connectivity index (χ4v) is 2.05. The number of methoxy groups -OCH3 is 1. The predicted molar refractivity (Wildman–Crippen MR) is 85.2 cm³/mol. The lowest BCUT2D eigenvalue weighted by atomic mass is 10.1. The highest BCUT2D eigenvalue weighted by Gasteiger charge is 2.36. The van der Waals surface area contributed by atoms with Crippen molar-refractivity contribution in [3.05, 3.63) is 35.4 Å². The van der Waals surface area contributed by atoms with Gasteiger partial charge < -0.3 is 14.8 Å². The maximum absolute atomic E-state index is 13.0. The molecule has 0 aromatic heterocycles. The van der Waals surface area contributed by atoms with Crippen LogP contribution in [0.4, 0.5) is 13.2 Å². The Kier molecular flexibility index (Phi) is 6.77. The van der Waals surface area contributed by atoms with Gasteiger partial charge in [0.25, 0.3) is 5.91 Å². The van der Waals surface area contributed by atoms with Crippen LogP contribution in [0.25, 0.3) is 0 Å². The first-order valence-electron chi connectivity index (χ1n) is 7.62. The van der Waals surface area contributed by atoms with Gasteiger partial charge in [-0.1, -0.05) is 12.1 Å². The third-order valence-corrected chi connectivity index (χ3v) is 3.06. The van der Waals surface area contributed by atoms with Crippen LogP contribution in [0, 0.1) is 0 Å². The Labute approximate surface area is 148 Å². The van der Waals surface area contributed by atoms with Gasteiger partial charge in [0.05, 0.1) is 24.7 Å². The maximum atomic E-state index is 13.0. The van der Waals surface area contributed by atoms with E-state index >= 15 is 0 Å². The molecule has 0 aliphatic rings. The highest BCUT2D eigenvalue weighted by Crippen LogP contribution is 2.31. The van der Waals surface area contributed by atoms with Crippen LogP contribution >= 0.6 is 0 Å². The molecule has 0 heterocycles. The molecule has 1 rings (SSSR count). The average Bonchev–Trinajstić information content (AvgIpc) is 2.50. The summed E-state index contributed by atoms with van der Waals surface area (Å²) in [7, 11) is 1.03. The van der Waals surface area contributed by atoms with E-state index in [-0.39, 0.29) is 0 Å². The van der Waals surface area contributed by atoms with Gasteiger partial charge in [-0.3, -0.25) is 9.59 Å². The molecule has 9 heteroatoms. The summed E-state index contributed by atoms with van der Waals surface area (Å²) >= 11 is 0. The van der Waals surface area contributed by atoms with E-state index in [2.05, 4.69) is 10.1 Å². The van der Waals surface area contributed by atoms with Crippen LogP contribution in [-0.4, -0.2) is 36.6 Å². The van der Waals surface area contributed by atoms with Gasteiger partial charge in [-0.2, -0.15) is 13.2 Å². The predicted octanol–water partition coefficient (Wildman–Crippen LogP) is 2.71. The van der Waals surface area contributed by atoms with Crippen molar-refractivity contribution in [1.82, 2.24) is 5.32 Å². The van der Waals surface area contributed by atoms with Gasteiger partial charge in [0.15, 0.2) is 0 Å². The van der Waals surface area contributed by atoms with Crippen molar-refractivity contribution >= 4 is 17.8 Å². The number of carbonyl (C=O) groups is 3. The lowest BCUT2D eigenvalue weighted by molar-refractivity contribution is -0.158. The molecule has 1 amide bonds. The molecule has 0 unspecified atom stereocenters. The second kappa shape index (κ2) is 8.20. The fourth-order valence-electron chi connectivity index (χ4n) is 2.05. The third-order valence-electron chi connectivity index (χ3n) is 3.06. The number of esters is 2. The number of ether oxygens (including phenoxy) is 2. The molecule has 0 aliphatic carbocycles. The molecule has 6 nitrogen and oxygen atoms in total. The number of amides is 1. The number of carbonyl (C=O) groups excluding carboxylic acids is 3. The lowest BCUT2D eigenvalue weighted by Crippen LogP contribution is -2.44. The minimum Gasteiger partial charge on any atom is -0.467 e. The van der Waals surface area contributed by atoms with Crippen LogP contribution in [0.5, 0.6) is 0 Å². The quantitative estimate of drug-likeness (QED) is 0.801. The molecular formula is C17H20F3NO5. The van der Waals surface area contributed by atoms with Gasteiger partial charge in [-0.15, -0.1) is 0 Å². The molecule has 0 radical (unpaired) electrons. The van der Waals surface area contributed by atoms with Crippen LogP contribution in [-0.2, 0) is 25.2 Å². The molecule has 26 heavy (non-hydrogen) atoms. The second-order valence-corrected chi connectivity index (χ2v) is 6.38. The fraction of sp³-hybridized carbons (Fsp3) is 0.471. The minimum atomic E-state index is -4.75. The molecule has 0 spiro atoms. The molecule has 144 valence electrons. The smallest absolute Gasteiger partial charge is 0.417 e. The number of rotatable bonds is 5. The molecule has 1 N–H and O–H groups in total. The van der Waals surface area contributed by atoms with E-state index in [0.29, 0.717) is 0 Å². The number of benzene rings is 1. The van der Waals surface area contributed by atoms with E-state index < -0.39 is 53.2 Å². The van der Waals surface area contributed by atoms with Crippen LogP contribution in [0.3, 0.4) is 0 Å².